The van der Waals surface area contributed by atoms with Crippen molar-refractivity contribution in [2.75, 3.05) is 7.11 Å². The summed E-state index contributed by atoms with van der Waals surface area (Å²) < 4.78 is 23.1. The van der Waals surface area contributed by atoms with Crippen LogP contribution < -0.4 is 10.5 Å². The van der Waals surface area contributed by atoms with Crippen LogP contribution in [0, 0.1) is 5.82 Å². The van der Waals surface area contributed by atoms with Gasteiger partial charge < -0.3 is 15.2 Å². The van der Waals surface area contributed by atoms with Gasteiger partial charge in [-0.3, -0.25) is 0 Å². The van der Waals surface area contributed by atoms with E-state index in [1.54, 1.807) is 0 Å². The zero-order chi connectivity index (χ0) is 13.7. The predicted octanol–water partition coefficient (Wildman–Crippen LogP) is 2.09. The molecular formula is C13H16FNO3. The van der Waals surface area contributed by atoms with Crippen molar-refractivity contribution in [2.45, 2.75) is 20.0 Å². The van der Waals surface area contributed by atoms with E-state index in [2.05, 4.69) is 4.74 Å². The van der Waals surface area contributed by atoms with Crippen LogP contribution >= 0.6 is 0 Å². The van der Waals surface area contributed by atoms with E-state index in [9.17, 15) is 9.18 Å². The number of rotatable bonds is 4. The van der Waals surface area contributed by atoms with Gasteiger partial charge in [0.25, 0.3) is 0 Å². The molecule has 5 heteroatoms. The Morgan fingerprint density at radius 3 is 2.67 bits per heavy atom. The van der Waals surface area contributed by atoms with Gasteiger partial charge in [0.1, 0.15) is 17.3 Å². The lowest BCUT2D eigenvalue weighted by atomic mass is 10.1. The number of carbonyl (C=O) groups is 1. The number of carbonyl (C=O) groups excluding carboxylic acids is 1. The maximum Gasteiger partial charge on any atom is 0.353 e. The first-order valence-corrected chi connectivity index (χ1v) is 5.45. The number of hydrogen-bond acceptors (Lipinski definition) is 4. The molecule has 0 atom stereocenters. The smallest absolute Gasteiger partial charge is 0.353 e. The standard InChI is InChI=1S/C13H16FNO3/c1-8(2)18-12-7-10(14)5-4-9(12)6-11(15)13(16)17-3/h4-8H,15H2,1-3H3/b11-6-. The summed E-state index contributed by atoms with van der Waals surface area (Å²) in [5.74, 6) is -0.730. The van der Waals surface area contributed by atoms with Crippen LogP contribution in [0.3, 0.4) is 0 Å². The number of benzene rings is 1. The second-order valence-electron chi connectivity index (χ2n) is 3.94. The van der Waals surface area contributed by atoms with Crippen molar-refractivity contribution in [3.63, 3.8) is 0 Å². The van der Waals surface area contributed by atoms with Crippen LogP contribution in [0.4, 0.5) is 4.39 Å². The Bertz CT molecular complexity index is 469. The molecule has 0 unspecified atom stereocenters. The summed E-state index contributed by atoms with van der Waals surface area (Å²) >= 11 is 0. The number of esters is 1. The summed E-state index contributed by atoms with van der Waals surface area (Å²) in [4.78, 5) is 11.2. The molecule has 0 bridgehead atoms. The van der Waals surface area contributed by atoms with E-state index in [4.69, 9.17) is 10.5 Å². The highest BCUT2D eigenvalue weighted by Crippen LogP contribution is 2.23. The quantitative estimate of drug-likeness (QED) is 0.659. The average Bonchev–Trinajstić information content (AvgIpc) is 2.30. The highest BCUT2D eigenvalue weighted by molar-refractivity contribution is 5.92. The van der Waals surface area contributed by atoms with Crippen LogP contribution in [0.25, 0.3) is 6.08 Å². The Labute approximate surface area is 105 Å². The van der Waals surface area contributed by atoms with Gasteiger partial charge in [-0.2, -0.15) is 0 Å². The molecule has 2 N–H and O–H groups in total. The molecule has 98 valence electrons. The lowest BCUT2D eigenvalue weighted by Gasteiger charge is -2.12. The van der Waals surface area contributed by atoms with E-state index in [1.165, 1.54) is 31.4 Å². The second kappa shape index (κ2) is 6.05. The lowest BCUT2D eigenvalue weighted by molar-refractivity contribution is -0.136. The molecule has 0 amide bonds. The van der Waals surface area contributed by atoms with Gasteiger partial charge in [0.05, 0.1) is 13.2 Å². The van der Waals surface area contributed by atoms with Crippen LogP contribution in [0.1, 0.15) is 19.4 Å². The highest BCUT2D eigenvalue weighted by Gasteiger charge is 2.09. The molecule has 18 heavy (non-hydrogen) atoms. The number of ether oxygens (including phenoxy) is 2. The normalized spacial score (nSPS) is 11.5. The zero-order valence-corrected chi connectivity index (χ0v) is 10.6. The Morgan fingerprint density at radius 1 is 1.44 bits per heavy atom. The van der Waals surface area contributed by atoms with E-state index in [-0.39, 0.29) is 11.8 Å². The van der Waals surface area contributed by atoms with E-state index in [0.717, 1.165) is 0 Å². The molecule has 0 saturated heterocycles. The summed E-state index contributed by atoms with van der Waals surface area (Å²) in [5.41, 5.74) is 5.98. The van der Waals surface area contributed by atoms with Gasteiger partial charge in [0.15, 0.2) is 0 Å². The molecule has 0 spiro atoms. The summed E-state index contributed by atoms with van der Waals surface area (Å²) in [6, 6.07) is 4.00. The monoisotopic (exact) mass is 253 g/mol. The van der Waals surface area contributed by atoms with Gasteiger partial charge in [0.2, 0.25) is 0 Å². The maximum atomic E-state index is 13.1. The number of halogens is 1. The minimum Gasteiger partial charge on any atom is -0.490 e. The molecule has 4 nitrogen and oxygen atoms in total. The van der Waals surface area contributed by atoms with E-state index < -0.39 is 11.8 Å². The number of nitrogens with two attached hydrogens (primary N) is 1. The molecule has 1 rings (SSSR count). The number of methoxy groups -OCH3 is 1. The van der Waals surface area contributed by atoms with Crippen molar-refractivity contribution in [1.29, 1.82) is 0 Å². The Kier molecular flexibility index (Phi) is 4.71. The third-order valence-electron chi connectivity index (χ3n) is 2.07. The third kappa shape index (κ3) is 3.76. The summed E-state index contributed by atoms with van der Waals surface area (Å²) in [6.07, 6.45) is 1.28. The lowest BCUT2D eigenvalue weighted by Crippen LogP contribution is -2.13. The fourth-order valence-corrected chi connectivity index (χ4v) is 1.33. The van der Waals surface area contributed by atoms with Gasteiger partial charge in [-0.05, 0) is 32.1 Å². The fourth-order valence-electron chi connectivity index (χ4n) is 1.33. The molecule has 1 aromatic carbocycles. The van der Waals surface area contributed by atoms with Crippen LogP contribution in [0.15, 0.2) is 23.9 Å². The van der Waals surface area contributed by atoms with Crippen LogP contribution in [-0.4, -0.2) is 19.2 Å². The van der Waals surface area contributed by atoms with Crippen molar-refractivity contribution < 1.29 is 18.7 Å². The molecule has 0 radical (unpaired) electrons. The summed E-state index contributed by atoms with van der Waals surface area (Å²) in [7, 11) is 1.24. The Balaban J connectivity index is 3.11. The number of hydrogen-bond donors (Lipinski definition) is 1. The van der Waals surface area contributed by atoms with Crippen LogP contribution in [-0.2, 0) is 9.53 Å². The van der Waals surface area contributed by atoms with Crippen molar-refractivity contribution >= 4 is 12.0 Å². The summed E-state index contributed by atoms with van der Waals surface area (Å²) in [6.45, 7) is 3.64. The molecule has 0 heterocycles. The van der Waals surface area contributed by atoms with E-state index in [1.807, 2.05) is 13.8 Å². The van der Waals surface area contributed by atoms with Gasteiger partial charge in [-0.1, -0.05) is 0 Å². The van der Waals surface area contributed by atoms with Crippen LogP contribution in [0.5, 0.6) is 5.75 Å². The van der Waals surface area contributed by atoms with Gasteiger partial charge in [0, 0.05) is 11.6 Å². The molecular weight excluding hydrogens is 237 g/mol. The van der Waals surface area contributed by atoms with Crippen molar-refractivity contribution in [3.05, 3.63) is 35.3 Å². The largest absolute Gasteiger partial charge is 0.490 e. The molecule has 0 aromatic heterocycles. The topological polar surface area (TPSA) is 61.5 Å². The molecule has 0 fully saturated rings. The molecule has 0 aliphatic carbocycles. The molecule has 0 aliphatic rings. The minimum atomic E-state index is -0.644. The molecule has 1 aromatic rings. The van der Waals surface area contributed by atoms with Gasteiger partial charge in [-0.15, -0.1) is 0 Å². The average molecular weight is 253 g/mol. The summed E-state index contributed by atoms with van der Waals surface area (Å²) in [5, 5.41) is 0. The first kappa shape index (κ1) is 14.0. The second-order valence-corrected chi connectivity index (χ2v) is 3.94. The van der Waals surface area contributed by atoms with E-state index in [0.29, 0.717) is 11.3 Å². The van der Waals surface area contributed by atoms with Crippen molar-refractivity contribution in [2.24, 2.45) is 5.73 Å². The highest BCUT2D eigenvalue weighted by atomic mass is 19.1. The Morgan fingerprint density at radius 2 is 2.11 bits per heavy atom. The third-order valence-corrected chi connectivity index (χ3v) is 2.07. The zero-order valence-electron chi connectivity index (χ0n) is 10.6. The first-order chi connectivity index (χ1) is 8.43. The maximum absolute atomic E-state index is 13.1. The first-order valence-electron chi connectivity index (χ1n) is 5.45. The van der Waals surface area contributed by atoms with E-state index >= 15 is 0 Å². The van der Waals surface area contributed by atoms with Crippen LogP contribution in [0.2, 0.25) is 0 Å². The Hall–Kier alpha value is -2.04. The van der Waals surface area contributed by atoms with Gasteiger partial charge >= 0.3 is 5.97 Å². The van der Waals surface area contributed by atoms with Crippen molar-refractivity contribution in [3.8, 4) is 5.75 Å². The molecule has 0 saturated carbocycles. The van der Waals surface area contributed by atoms with Crippen molar-refractivity contribution in [1.82, 2.24) is 0 Å². The predicted molar refractivity (Wildman–Crippen MR) is 66.3 cm³/mol. The molecule has 0 aliphatic heterocycles. The fraction of sp³-hybridized carbons (Fsp3) is 0.308. The minimum absolute atomic E-state index is 0.0716. The van der Waals surface area contributed by atoms with Gasteiger partial charge in [-0.25, -0.2) is 9.18 Å². The SMILES string of the molecule is COC(=O)/C(N)=C/c1ccc(F)cc1OC(C)C.